The Labute approximate surface area is 143 Å². The fraction of sp³-hybridized carbons (Fsp3) is 0.111. The molecule has 3 heterocycles. The van der Waals surface area contributed by atoms with Crippen LogP contribution >= 0.6 is 23.1 Å². The van der Waals surface area contributed by atoms with Gasteiger partial charge in [-0.15, -0.1) is 11.3 Å². The van der Waals surface area contributed by atoms with E-state index >= 15 is 0 Å². The van der Waals surface area contributed by atoms with E-state index < -0.39 is 0 Å². The van der Waals surface area contributed by atoms with Gasteiger partial charge in [0.25, 0.3) is 0 Å². The van der Waals surface area contributed by atoms with Gasteiger partial charge in [0.05, 0.1) is 11.4 Å². The van der Waals surface area contributed by atoms with Gasteiger partial charge in [-0.05, 0) is 18.6 Å². The summed E-state index contributed by atoms with van der Waals surface area (Å²) in [7, 11) is 0. The summed E-state index contributed by atoms with van der Waals surface area (Å²) in [5.41, 5.74) is 5.53. The summed E-state index contributed by atoms with van der Waals surface area (Å²) in [6, 6.07) is 14.4. The van der Waals surface area contributed by atoms with Crippen molar-refractivity contribution in [2.45, 2.75) is 17.0 Å². The van der Waals surface area contributed by atoms with Crippen molar-refractivity contribution in [2.75, 3.05) is 0 Å². The second-order valence-corrected chi connectivity index (χ2v) is 7.39. The van der Waals surface area contributed by atoms with Crippen molar-refractivity contribution in [3.05, 3.63) is 71.5 Å². The number of aryl methyl sites for hydroxylation is 1. The summed E-state index contributed by atoms with van der Waals surface area (Å²) < 4.78 is 3.17. The van der Waals surface area contributed by atoms with E-state index in [0.29, 0.717) is 0 Å². The van der Waals surface area contributed by atoms with E-state index in [2.05, 4.69) is 41.1 Å². The average Bonchev–Trinajstić information content (AvgIpc) is 3.21. The third-order valence-corrected chi connectivity index (χ3v) is 5.68. The molecule has 0 aliphatic heterocycles. The molecule has 3 aromatic heterocycles. The van der Waals surface area contributed by atoms with E-state index in [1.807, 2.05) is 30.5 Å². The first kappa shape index (κ1) is 14.5. The highest BCUT2D eigenvalue weighted by molar-refractivity contribution is 8.00. The summed E-state index contributed by atoms with van der Waals surface area (Å²) in [4.78, 5) is 9.43. The zero-order valence-corrected chi connectivity index (χ0v) is 14.3. The van der Waals surface area contributed by atoms with Crippen molar-refractivity contribution in [1.82, 2.24) is 14.4 Å². The van der Waals surface area contributed by atoms with Gasteiger partial charge in [-0.2, -0.15) is 0 Å². The predicted octanol–water partition coefficient (Wildman–Crippen LogP) is 5.06. The van der Waals surface area contributed by atoms with Crippen molar-refractivity contribution in [3.63, 3.8) is 0 Å². The number of rotatable bonds is 4. The molecule has 114 valence electrons. The summed E-state index contributed by atoms with van der Waals surface area (Å²) >= 11 is 3.43. The minimum absolute atomic E-state index is 0.836. The zero-order chi connectivity index (χ0) is 15.6. The van der Waals surface area contributed by atoms with E-state index in [1.54, 1.807) is 23.1 Å². The second kappa shape index (κ2) is 6.18. The second-order valence-electron chi connectivity index (χ2n) is 5.31. The number of hydrogen-bond acceptors (Lipinski definition) is 4. The van der Waals surface area contributed by atoms with Crippen LogP contribution in [0.15, 0.2) is 64.6 Å². The average molecular weight is 337 g/mol. The third kappa shape index (κ3) is 3.02. The highest BCUT2D eigenvalue weighted by Gasteiger charge is 2.08. The molecule has 0 bridgehead atoms. The number of aromatic nitrogens is 3. The molecule has 0 aliphatic rings. The fourth-order valence-corrected chi connectivity index (χ4v) is 4.19. The van der Waals surface area contributed by atoms with Crippen LogP contribution < -0.4 is 0 Å². The maximum absolute atomic E-state index is 4.71. The molecule has 0 spiro atoms. The van der Waals surface area contributed by atoms with Crippen LogP contribution in [0.5, 0.6) is 0 Å². The van der Waals surface area contributed by atoms with Crippen LogP contribution in [0.3, 0.4) is 0 Å². The first-order chi connectivity index (χ1) is 11.3. The van der Waals surface area contributed by atoms with Gasteiger partial charge in [-0.3, -0.25) is 0 Å². The monoisotopic (exact) mass is 337 g/mol. The van der Waals surface area contributed by atoms with Gasteiger partial charge in [-0.25, -0.2) is 9.97 Å². The molecular weight excluding hydrogens is 322 g/mol. The minimum atomic E-state index is 0.836. The largest absolute Gasteiger partial charge is 0.307 e. The van der Waals surface area contributed by atoms with Gasteiger partial charge >= 0.3 is 0 Å². The molecule has 0 fully saturated rings. The number of fused-ring (bicyclic) bond motifs is 1. The van der Waals surface area contributed by atoms with Crippen molar-refractivity contribution in [2.24, 2.45) is 0 Å². The lowest BCUT2D eigenvalue weighted by atomic mass is 10.2. The number of thioether (sulfide) groups is 1. The van der Waals surface area contributed by atoms with E-state index in [1.165, 1.54) is 11.1 Å². The third-order valence-electron chi connectivity index (χ3n) is 3.62. The van der Waals surface area contributed by atoms with Gasteiger partial charge < -0.3 is 4.40 Å². The summed E-state index contributed by atoms with van der Waals surface area (Å²) in [5.74, 6) is 0.836. The molecule has 0 N–H and O–H groups in total. The standard InChI is InChI=1S/C18H15N3S2/c1-13-6-5-9-21-10-15(19-17(13)21)11-22-18-20-16(12-23-18)14-7-3-2-4-8-14/h2-10,12H,11H2,1H3. The van der Waals surface area contributed by atoms with E-state index in [0.717, 1.165) is 27.1 Å². The Balaban J connectivity index is 1.50. The Morgan fingerprint density at radius 3 is 2.78 bits per heavy atom. The lowest BCUT2D eigenvalue weighted by molar-refractivity contribution is 1.16. The van der Waals surface area contributed by atoms with Crippen LogP contribution in [0.4, 0.5) is 0 Å². The maximum Gasteiger partial charge on any atom is 0.150 e. The van der Waals surface area contributed by atoms with Crippen molar-refractivity contribution >= 4 is 28.7 Å². The lowest BCUT2D eigenvalue weighted by Crippen LogP contribution is -1.84. The number of thiazole rings is 1. The Morgan fingerprint density at radius 2 is 1.96 bits per heavy atom. The Hall–Kier alpha value is -2.11. The SMILES string of the molecule is Cc1cccn2cc(CSc3nc(-c4ccccc4)cs3)nc12. The lowest BCUT2D eigenvalue weighted by Gasteiger charge is -1.95. The van der Waals surface area contributed by atoms with Gasteiger partial charge in [0.15, 0.2) is 4.34 Å². The van der Waals surface area contributed by atoms with Crippen LogP contribution in [0.2, 0.25) is 0 Å². The Morgan fingerprint density at radius 1 is 1.09 bits per heavy atom. The van der Waals surface area contributed by atoms with Crippen LogP contribution in [0.1, 0.15) is 11.3 Å². The van der Waals surface area contributed by atoms with Gasteiger partial charge in [0, 0.05) is 29.1 Å². The molecule has 3 nitrogen and oxygen atoms in total. The fourth-order valence-electron chi connectivity index (χ4n) is 2.47. The molecular formula is C18H15N3S2. The van der Waals surface area contributed by atoms with Gasteiger partial charge in [0.2, 0.25) is 0 Å². The molecule has 5 heteroatoms. The first-order valence-corrected chi connectivity index (χ1v) is 9.23. The van der Waals surface area contributed by atoms with E-state index in [-0.39, 0.29) is 0 Å². The van der Waals surface area contributed by atoms with E-state index in [4.69, 9.17) is 9.97 Å². The molecule has 0 saturated heterocycles. The number of imidazole rings is 1. The smallest absolute Gasteiger partial charge is 0.150 e. The number of pyridine rings is 1. The molecule has 0 radical (unpaired) electrons. The Bertz CT molecular complexity index is 941. The number of hydrogen-bond donors (Lipinski definition) is 0. The molecule has 0 saturated carbocycles. The van der Waals surface area contributed by atoms with Gasteiger partial charge in [-0.1, -0.05) is 48.2 Å². The topological polar surface area (TPSA) is 30.2 Å². The molecule has 23 heavy (non-hydrogen) atoms. The van der Waals surface area contributed by atoms with Crippen molar-refractivity contribution in [1.29, 1.82) is 0 Å². The van der Waals surface area contributed by atoms with Crippen LogP contribution in [0.25, 0.3) is 16.9 Å². The molecule has 0 amide bonds. The first-order valence-electron chi connectivity index (χ1n) is 7.36. The van der Waals surface area contributed by atoms with E-state index in [9.17, 15) is 0 Å². The molecule has 0 atom stereocenters. The van der Waals surface area contributed by atoms with Crippen molar-refractivity contribution < 1.29 is 0 Å². The molecule has 1 aromatic carbocycles. The predicted molar refractivity (Wildman–Crippen MR) is 97.0 cm³/mol. The normalized spacial score (nSPS) is 11.2. The van der Waals surface area contributed by atoms with Crippen LogP contribution in [-0.2, 0) is 5.75 Å². The summed E-state index contributed by atoms with van der Waals surface area (Å²) in [6.45, 7) is 2.09. The summed E-state index contributed by atoms with van der Waals surface area (Å²) in [5, 5.41) is 2.12. The van der Waals surface area contributed by atoms with Crippen molar-refractivity contribution in [3.8, 4) is 11.3 Å². The number of benzene rings is 1. The molecule has 4 aromatic rings. The minimum Gasteiger partial charge on any atom is -0.307 e. The molecule has 0 unspecified atom stereocenters. The number of nitrogens with zero attached hydrogens (tertiary/aromatic N) is 3. The quantitative estimate of drug-likeness (QED) is 0.488. The molecule has 0 aliphatic carbocycles. The maximum atomic E-state index is 4.71. The highest BCUT2D eigenvalue weighted by Crippen LogP contribution is 2.30. The summed E-state index contributed by atoms with van der Waals surface area (Å²) in [6.07, 6.45) is 4.14. The Kier molecular flexibility index (Phi) is 3.89. The van der Waals surface area contributed by atoms with Crippen LogP contribution in [-0.4, -0.2) is 14.4 Å². The van der Waals surface area contributed by atoms with Crippen LogP contribution in [0, 0.1) is 6.92 Å². The molecule has 4 rings (SSSR count). The highest BCUT2D eigenvalue weighted by atomic mass is 32.2. The zero-order valence-electron chi connectivity index (χ0n) is 12.6. The van der Waals surface area contributed by atoms with Gasteiger partial charge in [0.1, 0.15) is 5.65 Å².